The summed E-state index contributed by atoms with van der Waals surface area (Å²) in [6, 6.07) is 14.7. The zero-order valence-corrected chi connectivity index (χ0v) is 22.4. The zero-order chi connectivity index (χ0) is 26.9. The Morgan fingerprint density at radius 1 is 1.03 bits per heavy atom. The van der Waals surface area contributed by atoms with E-state index in [4.69, 9.17) is 4.74 Å². The molecule has 5 rings (SSSR count). The molecule has 1 aliphatic rings. The van der Waals surface area contributed by atoms with Gasteiger partial charge in [-0.1, -0.05) is 6.92 Å². The molecule has 0 aliphatic carbocycles. The van der Waals surface area contributed by atoms with Crippen LogP contribution in [0.1, 0.15) is 35.2 Å². The molecule has 3 heterocycles. The van der Waals surface area contributed by atoms with E-state index in [0.29, 0.717) is 36.5 Å². The van der Waals surface area contributed by atoms with Crippen LogP contribution in [-0.4, -0.2) is 60.1 Å². The van der Waals surface area contributed by atoms with Gasteiger partial charge in [0.15, 0.2) is 14.9 Å². The molecule has 1 amide bonds. The van der Waals surface area contributed by atoms with Gasteiger partial charge in [0.05, 0.1) is 19.3 Å². The molecule has 0 spiro atoms. The second-order valence-corrected chi connectivity index (χ2v) is 11.1. The molecule has 2 aromatic heterocycles. The number of rotatable bonds is 9. The highest BCUT2D eigenvalue weighted by Crippen LogP contribution is 2.31. The summed E-state index contributed by atoms with van der Waals surface area (Å²) in [7, 11) is -2.07. The molecule has 1 N–H and O–H groups in total. The average molecular weight is 535 g/mol. The van der Waals surface area contributed by atoms with Gasteiger partial charge in [-0.05, 0) is 67.9 Å². The lowest BCUT2D eigenvalue weighted by molar-refractivity contribution is 0.0973. The van der Waals surface area contributed by atoms with E-state index in [1.807, 2.05) is 35.0 Å². The number of ether oxygens (including phenoxy) is 1. The number of carbonyl (C=O) groups excluding carboxylic acids is 1. The van der Waals surface area contributed by atoms with Gasteiger partial charge in [0.2, 0.25) is 0 Å². The largest absolute Gasteiger partial charge is 0.497 e. The van der Waals surface area contributed by atoms with Crippen molar-refractivity contribution < 1.29 is 17.9 Å². The summed E-state index contributed by atoms with van der Waals surface area (Å²) < 4.78 is 33.7. The molecule has 0 fully saturated rings. The van der Waals surface area contributed by atoms with Crippen LogP contribution in [0.25, 0.3) is 11.4 Å². The predicted octanol–water partition coefficient (Wildman–Crippen LogP) is 3.17. The van der Waals surface area contributed by atoms with Crippen molar-refractivity contribution >= 4 is 21.4 Å². The Hall–Kier alpha value is -3.96. The second kappa shape index (κ2) is 10.4. The zero-order valence-electron chi connectivity index (χ0n) is 21.6. The van der Waals surface area contributed by atoms with E-state index < -0.39 is 9.84 Å². The molecule has 0 unspecified atom stereocenters. The fourth-order valence-electron chi connectivity index (χ4n) is 4.65. The van der Waals surface area contributed by atoms with Crippen molar-refractivity contribution in [2.24, 2.45) is 0 Å². The van der Waals surface area contributed by atoms with E-state index in [0.717, 1.165) is 36.4 Å². The monoisotopic (exact) mass is 534 g/mol. The fraction of sp³-hybridized carbons (Fsp3) is 0.296. The number of nitrogens with zero attached hydrogens (tertiary/aromatic N) is 5. The number of aromatic nitrogens is 4. The van der Waals surface area contributed by atoms with Gasteiger partial charge < -0.3 is 19.5 Å². The Balaban J connectivity index is 1.48. The van der Waals surface area contributed by atoms with E-state index in [-0.39, 0.29) is 16.6 Å². The molecule has 0 saturated heterocycles. The number of methoxy groups -OCH3 is 1. The molecular weight excluding hydrogens is 504 g/mol. The Bertz CT molecular complexity index is 1560. The van der Waals surface area contributed by atoms with Crippen molar-refractivity contribution in [1.29, 1.82) is 0 Å². The SMILES string of the molecule is CCCNCc1nccn1-c1ccc(N2CCc3c(S(C)(=O)=O)nn(-c4ccc(OC)cc4)c3C2=O)cc1. The van der Waals surface area contributed by atoms with Crippen LogP contribution < -0.4 is 15.0 Å². The predicted molar refractivity (Wildman–Crippen MR) is 144 cm³/mol. The third kappa shape index (κ3) is 4.82. The number of hydrogen-bond acceptors (Lipinski definition) is 7. The molecule has 0 atom stereocenters. The van der Waals surface area contributed by atoms with Crippen LogP contribution in [0.5, 0.6) is 5.75 Å². The summed E-state index contributed by atoms with van der Waals surface area (Å²) in [6.45, 7) is 4.04. The number of fused-ring (bicyclic) bond motifs is 1. The first-order valence-electron chi connectivity index (χ1n) is 12.4. The number of amides is 1. The quantitative estimate of drug-likeness (QED) is 0.328. The van der Waals surface area contributed by atoms with Gasteiger partial charge in [0.25, 0.3) is 5.91 Å². The van der Waals surface area contributed by atoms with Crippen LogP contribution in [0.2, 0.25) is 0 Å². The molecule has 0 bridgehead atoms. The highest BCUT2D eigenvalue weighted by Gasteiger charge is 2.35. The molecular formula is C27H30N6O4S. The van der Waals surface area contributed by atoms with Crippen LogP contribution in [0.3, 0.4) is 0 Å². The van der Waals surface area contributed by atoms with Crippen molar-refractivity contribution in [2.75, 3.05) is 31.4 Å². The highest BCUT2D eigenvalue weighted by molar-refractivity contribution is 7.90. The summed E-state index contributed by atoms with van der Waals surface area (Å²) in [5.74, 6) is 1.25. The summed E-state index contributed by atoms with van der Waals surface area (Å²) in [5.41, 5.74) is 2.94. The molecule has 198 valence electrons. The number of hydrogen-bond donors (Lipinski definition) is 1. The molecule has 11 heteroatoms. The summed E-state index contributed by atoms with van der Waals surface area (Å²) in [6.07, 6.45) is 6.22. The molecule has 2 aromatic carbocycles. The van der Waals surface area contributed by atoms with Gasteiger partial charge in [-0.15, -0.1) is 0 Å². The Morgan fingerprint density at radius 2 is 1.71 bits per heavy atom. The maximum atomic E-state index is 13.8. The minimum absolute atomic E-state index is 0.0593. The van der Waals surface area contributed by atoms with Crippen molar-refractivity contribution in [3.63, 3.8) is 0 Å². The summed E-state index contributed by atoms with van der Waals surface area (Å²) in [4.78, 5) is 19.9. The van der Waals surface area contributed by atoms with Crippen molar-refractivity contribution in [1.82, 2.24) is 24.6 Å². The molecule has 1 aliphatic heterocycles. The standard InChI is InChI=1S/C27H30N6O4S/c1-4-14-28-18-24-29-15-17-31(24)19-5-7-20(8-6-19)32-16-13-23-25(27(32)34)33(30-26(23)38(3,35)36)21-9-11-22(37-2)12-10-21/h5-12,15,17,28H,4,13-14,16,18H2,1-3H3. The number of sulfone groups is 1. The van der Waals surface area contributed by atoms with Gasteiger partial charge in [-0.2, -0.15) is 5.10 Å². The van der Waals surface area contributed by atoms with Crippen molar-refractivity contribution in [3.05, 3.63) is 78.0 Å². The van der Waals surface area contributed by atoms with E-state index in [1.54, 1.807) is 42.5 Å². The molecule has 10 nitrogen and oxygen atoms in total. The average Bonchev–Trinajstić information content (AvgIpc) is 3.55. The number of nitrogens with one attached hydrogen (secondary N) is 1. The van der Waals surface area contributed by atoms with E-state index in [2.05, 4.69) is 22.3 Å². The van der Waals surface area contributed by atoms with Crippen molar-refractivity contribution in [2.45, 2.75) is 31.3 Å². The fourth-order valence-corrected chi connectivity index (χ4v) is 5.53. The first-order valence-corrected chi connectivity index (χ1v) is 14.3. The van der Waals surface area contributed by atoms with E-state index in [9.17, 15) is 13.2 Å². The number of benzene rings is 2. The minimum Gasteiger partial charge on any atom is -0.497 e. The van der Waals surface area contributed by atoms with Crippen LogP contribution in [0, 0.1) is 0 Å². The topological polar surface area (TPSA) is 111 Å². The first-order chi connectivity index (χ1) is 18.3. The third-order valence-electron chi connectivity index (χ3n) is 6.51. The van der Waals surface area contributed by atoms with E-state index in [1.165, 1.54) is 4.68 Å². The molecule has 0 radical (unpaired) electrons. The van der Waals surface area contributed by atoms with Crippen LogP contribution in [0.15, 0.2) is 66.0 Å². The maximum absolute atomic E-state index is 13.8. The highest BCUT2D eigenvalue weighted by atomic mass is 32.2. The Labute approximate surface area is 221 Å². The number of imidazole rings is 1. The summed E-state index contributed by atoms with van der Waals surface area (Å²) >= 11 is 0. The van der Waals surface area contributed by atoms with Crippen molar-refractivity contribution in [3.8, 4) is 17.1 Å². The lowest BCUT2D eigenvalue weighted by atomic mass is 10.1. The maximum Gasteiger partial charge on any atom is 0.277 e. The number of anilines is 1. The van der Waals surface area contributed by atoms with Gasteiger partial charge in [-0.3, -0.25) is 4.79 Å². The molecule has 0 saturated carbocycles. The van der Waals surface area contributed by atoms with Gasteiger partial charge in [0.1, 0.15) is 17.3 Å². The lowest BCUT2D eigenvalue weighted by Gasteiger charge is -2.28. The minimum atomic E-state index is -3.63. The first kappa shape index (κ1) is 25.7. The van der Waals surface area contributed by atoms with Crippen LogP contribution in [-0.2, 0) is 22.8 Å². The van der Waals surface area contributed by atoms with Gasteiger partial charge in [-0.25, -0.2) is 18.1 Å². The van der Waals surface area contributed by atoms with Gasteiger partial charge in [0, 0.05) is 42.1 Å². The normalized spacial score (nSPS) is 13.6. The molecule has 38 heavy (non-hydrogen) atoms. The van der Waals surface area contributed by atoms with Crippen LogP contribution >= 0.6 is 0 Å². The Morgan fingerprint density at radius 3 is 2.37 bits per heavy atom. The molecule has 4 aromatic rings. The second-order valence-electron chi connectivity index (χ2n) is 9.13. The summed E-state index contributed by atoms with van der Waals surface area (Å²) in [5, 5.41) is 7.69. The van der Waals surface area contributed by atoms with E-state index >= 15 is 0 Å². The van der Waals surface area contributed by atoms with Gasteiger partial charge >= 0.3 is 0 Å². The smallest absolute Gasteiger partial charge is 0.277 e. The lowest BCUT2D eigenvalue weighted by Crippen LogP contribution is -2.39. The number of carbonyl (C=O) groups is 1. The van der Waals surface area contributed by atoms with Crippen LogP contribution in [0.4, 0.5) is 5.69 Å². The third-order valence-corrected chi connectivity index (χ3v) is 7.55. The Kier molecular flexibility index (Phi) is 7.04.